The summed E-state index contributed by atoms with van der Waals surface area (Å²) in [7, 11) is -4.00. The average molecular weight is 603 g/mol. The molecule has 0 atom stereocenters. The van der Waals surface area contributed by atoms with Crippen LogP contribution in [0.4, 0.5) is 17.1 Å². The lowest BCUT2D eigenvalue weighted by atomic mass is 9.93. The molecule has 0 bridgehead atoms. The monoisotopic (exact) mass is 602 g/mol. The second-order valence-electron chi connectivity index (χ2n) is 10.8. The van der Waals surface area contributed by atoms with Crippen molar-refractivity contribution in [1.82, 2.24) is 4.72 Å². The van der Waals surface area contributed by atoms with Crippen LogP contribution in [0, 0.1) is 13.8 Å². The third-order valence-electron chi connectivity index (χ3n) is 7.53. The Morgan fingerprint density at radius 1 is 0.795 bits per heavy atom. The number of ketones is 1. The minimum atomic E-state index is -4.00. The number of hydrogen-bond acceptors (Lipinski definition) is 5. The van der Waals surface area contributed by atoms with Gasteiger partial charge in [-0.2, -0.15) is 0 Å². The number of carbonyl (C=O) groups excluding carboxylic acids is 1. The van der Waals surface area contributed by atoms with E-state index < -0.39 is 10.0 Å². The molecule has 0 saturated carbocycles. The highest BCUT2D eigenvalue weighted by atomic mass is 32.2. The Hall–Kier alpha value is -5.05. The van der Waals surface area contributed by atoms with Crippen LogP contribution in [0.15, 0.2) is 119 Å². The van der Waals surface area contributed by atoms with Gasteiger partial charge in [-0.1, -0.05) is 54.6 Å². The summed E-state index contributed by atoms with van der Waals surface area (Å²) in [6, 6.07) is 34.6. The zero-order valence-electron chi connectivity index (χ0n) is 24.6. The van der Waals surface area contributed by atoms with Crippen molar-refractivity contribution >= 4 is 43.8 Å². The Bertz CT molecular complexity index is 2180. The molecule has 1 heterocycles. The fourth-order valence-electron chi connectivity index (χ4n) is 5.26. The first-order valence-corrected chi connectivity index (χ1v) is 15.8. The van der Waals surface area contributed by atoms with Gasteiger partial charge < -0.3 is 9.73 Å². The van der Waals surface area contributed by atoms with Crippen LogP contribution in [0.25, 0.3) is 33.4 Å². The highest BCUT2D eigenvalue weighted by Crippen LogP contribution is 2.42. The first kappa shape index (κ1) is 29.0. The lowest BCUT2D eigenvalue weighted by Crippen LogP contribution is -2.70. The maximum absolute atomic E-state index is 13.5. The molecule has 8 heteroatoms. The van der Waals surface area contributed by atoms with E-state index in [0.717, 1.165) is 50.1 Å². The third kappa shape index (κ3) is 5.90. The molecule has 0 spiro atoms. The Morgan fingerprint density at radius 3 is 2.30 bits per heavy atom. The van der Waals surface area contributed by atoms with E-state index in [-0.39, 0.29) is 17.2 Å². The Balaban J connectivity index is 1.60. The van der Waals surface area contributed by atoms with Gasteiger partial charge in [-0.05, 0) is 56.7 Å². The number of carbonyl (C=O) groups is 1. The highest BCUT2D eigenvalue weighted by molar-refractivity contribution is 7.89. The molecular weight excluding hydrogens is 570 g/mol. The first-order chi connectivity index (χ1) is 21.2. The fourth-order valence-corrected chi connectivity index (χ4v) is 6.52. The number of aryl methyl sites for hydroxylation is 2. The van der Waals surface area contributed by atoms with Gasteiger partial charge in [-0.3, -0.25) is 4.79 Å². The summed E-state index contributed by atoms with van der Waals surface area (Å²) in [4.78, 5) is 15.2. The number of Topliss-reactive ketones (excluding diaryl/α,β-unsaturated/α-hetero) is 1. The summed E-state index contributed by atoms with van der Waals surface area (Å²) < 4.78 is 35.9. The Kier molecular flexibility index (Phi) is 7.86. The number of benzene rings is 5. The normalized spacial score (nSPS) is 12.1. The van der Waals surface area contributed by atoms with Crippen molar-refractivity contribution in [2.45, 2.75) is 25.7 Å². The number of para-hydroxylation sites is 2. The summed E-state index contributed by atoms with van der Waals surface area (Å²) in [5, 5.41) is 5.06. The van der Waals surface area contributed by atoms with E-state index in [9.17, 15) is 13.2 Å². The van der Waals surface area contributed by atoms with Crippen LogP contribution in [-0.2, 0) is 14.8 Å². The van der Waals surface area contributed by atoms with Gasteiger partial charge in [-0.25, -0.2) is 18.1 Å². The number of anilines is 2. The fraction of sp³-hybridized carbons (Fsp3) is 0.111. The molecule has 0 amide bonds. The molecule has 44 heavy (non-hydrogen) atoms. The van der Waals surface area contributed by atoms with Crippen molar-refractivity contribution in [3.63, 3.8) is 0 Å². The van der Waals surface area contributed by atoms with E-state index in [1.165, 1.54) is 6.92 Å². The number of sulfonamides is 1. The van der Waals surface area contributed by atoms with Crippen molar-refractivity contribution in [3.8, 4) is 22.5 Å². The van der Waals surface area contributed by atoms with E-state index >= 15 is 0 Å². The molecule has 0 fully saturated rings. The predicted molar refractivity (Wildman–Crippen MR) is 174 cm³/mol. The van der Waals surface area contributed by atoms with Gasteiger partial charge in [0.05, 0.1) is 17.5 Å². The number of nitrogens with one attached hydrogen (secondary N) is 3. The molecule has 0 radical (unpaired) electrons. The van der Waals surface area contributed by atoms with Crippen LogP contribution in [-0.4, -0.2) is 20.7 Å². The molecule has 7 nitrogen and oxygen atoms in total. The smallest absolute Gasteiger partial charge is 0.241 e. The molecule has 0 saturated heterocycles. The lowest BCUT2D eigenvalue weighted by molar-refractivity contribution is -0.403. The topological polar surface area (TPSA) is 102 Å². The third-order valence-corrected chi connectivity index (χ3v) is 8.99. The van der Waals surface area contributed by atoms with Crippen molar-refractivity contribution in [1.29, 1.82) is 0 Å². The second kappa shape index (κ2) is 11.9. The maximum Gasteiger partial charge on any atom is 0.241 e. The highest BCUT2D eigenvalue weighted by Gasteiger charge is 2.25. The Morgan fingerprint density at radius 2 is 1.52 bits per heavy atom. The largest absolute Gasteiger partial charge is 0.456 e. The molecule has 1 aliphatic heterocycles. The summed E-state index contributed by atoms with van der Waals surface area (Å²) in [5.74, 6) is 0.311. The van der Waals surface area contributed by atoms with E-state index in [2.05, 4.69) is 15.0 Å². The van der Waals surface area contributed by atoms with E-state index in [1.54, 1.807) is 18.2 Å². The summed E-state index contributed by atoms with van der Waals surface area (Å²) in [6.45, 7) is 5.14. The molecule has 220 valence electrons. The van der Waals surface area contributed by atoms with Crippen molar-refractivity contribution in [2.75, 3.05) is 11.9 Å². The van der Waals surface area contributed by atoms with Crippen LogP contribution in [0.5, 0.6) is 0 Å². The van der Waals surface area contributed by atoms with E-state index in [4.69, 9.17) is 4.42 Å². The SMILES string of the molecule is CC(=O)CNS(=O)(=O)c1ccccc1-c1c2ccc(=[NH+]c3ccccc3C)cc-2oc2cc(Nc3ccccc3C)ccc12. The van der Waals surface area contributed by atoms with Crippen LogP contribution >= 0.6 is 0 Å². The quantitative estimate of drug-likeness (QED) is 0.193. The minimum absolute atomic E-state index is 0.0827. The van der Waals surface area contributed by atoms with Crippen LogP contribution in [0.2, 0.25) is 0 Å². The molecule has 0 aromatic heterocycles. The van der Waals surface area contributed by atoms with Crippen molar-refractivity contribution in [3.05, 3.63) is 126 Å². The first-order valence-electron chi connectivity index (χ1n) is 14.3. The number of fused-ring (bicyclic) bond motifs is 2. The predicted octanol–water partition coefficient (Wildman–Crippen LogP) is 5.75. The minimum Gasteiger partial charge on any atom is -0.456 e. The molecule has 4 aromatic carbocycles. The molecule has 4 aromatic rings. The van der Waals surface area contributed by atoms with Gasteiger partial charge >= 0.3 is 0 Å². The van der Waals surface area contributed by atoms with Crippen molar-refractivity contribution in [2.24, 2.45) is 0 Å². The molecule has 3 N–H and O–H groups in total. The van der Waals surface area contributed by atoms with Gasteiger partial charge in [0.15, 0.2) is 0 Å². The maximum atomic E-state index is 13.5. The van der Waals surface area contributed by atoms with Crippen LogP contribution < -0.4 is 20.4 Å². The van der Waals surface area contributed by atoms with Gasteiger partial charge in [0.1, 0.15) is 17.1 Å². The Labute approximate surface area is 256 Å². The summed E-state index contributed by atoms with van der Waals surface area (Å²) in [6.07, 6.45) is 0. The van der Waals surface area contributed by atoms with Gasteiger partial charge in [-0.15, -0.1) is 0 Å². The molecular formula is C36H32N3O4S+. The molecule has 1 aliphatic carbocycles. The van der Waals surface area contributed by atoms with Crippen molar-refractivity contribution < 1.29 is 22.6 Å². The molecule has 6 rings (SSSR count). The van der Waals surface area contributed by atoms with Gasteiger partial charge in [0.25, 0.3) is 0 Å². The second-order valence-corrected chi connectivity index (χ2v) is 12.5. The summed E-state index contributed by atoms with van der Waals surface area (Å²) in [5.41, 5.74) is 7.56. The zero-order chi connectivity index (χ0) is 30.8. The number of hydrogen-bond donors (Lipinski definition) is 3. The average Bonchev–Trinajstić information content (AvgIpc) is 3.01. The van der Waals surface area contributed by atoms with E-state index in [1.807, 2.05) is 105 Å². The van der Waals surface area contributed by atoms with E-state index in [0.29, 0.717) is 16.9 Å². The lowest BCUT2D eigenvalue weighted by Gasteiger charge is -2.18. The number of rotatable bonds is 8. The molecule has 2 aliphatic rings. The van der Waals surface area contributed by atoms with Crippen LogP contribution in [0.3, 0.4) is 0 Å². The van der Waals surface area contributed by atoms with Gasteiger partial charge in [0.2, 0.25) is 21.1 Å². The molecule has 0 unspecified atom stereocenters. The van der Waals surface area contributed by atoms with Crippen LogP contribution in [0.1, 0.15) is 18.1 Å². The van der Waals surface area contributed by atoms with Gasteiger partial charge in [0, 0.05) is 57.2 Å². The standard InChI is InChI=1S/C36H31N3O4S/c1-23-10-4-7-13-31(23)38-26-16-18-28-33(20-26)43-34-21-27(39-32-14-8-5-11-24(32)2)17-19-29(34)36(28)30-12-6-9-15-35(30)44(41,42)37-22-25(3)40/h4-21,37-38H,22H2,1-3H3/p+1. The zero-order valence-corrected chi connectivity index (χ0v) is 25.5. The summed E-state index contributed by atoms with van der Waals surface area (Å²) >= 11 is 0.